The van der Waals surface area contributed by atoms with Gasteiger partial charge >= 0.3 is 0 Å². The molecule has 0 saturated heterocycles. The van der Waals surface area contributed by atoms with E-state index < -0.39 is 0 Å². The van der Waals surface area contributed by atoms with Gasteiger partial charge in [-0.15, -0.1) is 0 Å². The van der Waals surface area contributed by atoms with Crippen molar-refractivity contribution in [2.24, 2.45) is 0 Å². The molecule has 8 nitrogen and oxygen atoms in total. The lowest BCUT2D eigenvalue weighted by Crippen LogP contribution is -2.07. The molecule has 0 aliphatic carbocycles. The SMILES string of the molecule is CCCc1noc(-c2cccc(CNc3cc(C)nc4ncnn34)c2)n1. The van der Waals surface area contributed by atoms with Gasteiger partial charge in [-0.05, 0) is 31.0 Å². The molecular formula is C18H19N7O. The third-order valence-corrected chi connectivity index (χ3v) is 3.97. The first kappa shape index (κ1) is 16.2. The van der Waals surface area contributed by atoms with Crippen LogP contribution in [-0.4, -0.2) is 29.7 Å². The van der Waals surface area contributed by atoms with E-state index in [1.54, 1.807) is 4.52 Å². The second-order valence-corrected chi connectivity index (χ2v) is 6.07. The number of hydrogen-bond donors (Lipinski definition) is 1. The number of hydrogen-bond acceptors (Lipinski definition) is 7. The van der Waals surface area contributed by atoms with Crippen LogP contribution < -0.4 is 5.32 Å². The largest absolute Gasteiger partial charge is 0.366 e. The van der Waals surface area contributed by atoms with Crippen molar-refractivity contribution in [3.8, 4) is 11.5 Å². The Morgan fingerprint density at radius 3 is 3.00 bits per heavy atom. The summed E-state index contributed by atoms with van der Waals surface area (Å²) in [4.78, 5) is 12.9. The molecular weight excluding hydrogens is 330 g/mol. The zero-order valence-corrected chi connectivity index (χ0v) is 14.7. The standard InChI is InChI=1S/C18H19N7O/c1-3-5-15-23-17(26-24-15)14-7-4-6-13(9-14)10-19-16-8-12(2)22-18-20-11-21-25(16)18/h4,6-9,11,19H,3,5,10H2,1-2H3. The van der Waals surface area contributed by atoms with Gasteiger partial charge in [-0.3, -0.25) is 0 Å². The maximum absolute atomic E-state index is 5.37. The average Bonchev–Trinajstić information content (AvgIpc) is 3.29. The molecule has 0 fully saturated rings. The van der Waals surface area contributed by atoms with E-state index in [9.17, 15) is 0 Å². The molecule has 3 heterocycles. The predicted octanol–water partition coefficient (Wildman–Crippen LogP) is 3.05. The Morgan fingerprint density at radius 2 is 2.12 bits per heavy atom. The van der Waals surface area contributed by atoms with Crippen molar-refractivity contribution in [2.75, 3.05) is 5.32 Å². The van der Waals surface area contributed by atoms with Crippen LogP contribution in [0.2, 0.25) is 0 Å². The second-order valence-electron chi connectivity index (χ2n) is 6.07. The molecule has 132 valence electrons. The molecule has 0 radical (unpaired) electrons. The molecule has 3 aromatic heterocycles. The summed E-state index contributed by atoms with van der Waals surface area (Å²) in [5, 5.41) is 11.6. The summed E-state index contributed by atoms with van der Waals surface area (Å²) in [5.74, 6) is 2.72. The van der Waals surface area contributed by atoms with Crippen molar-refractivity contribution in [1.29, 1.82) is 0 Å². The summed E-state index contributed by atoms with van der Waals surface area (Å²) in [6.07, 6.45) is 3.31. The summed E-state index contributed by atoms with van der Waals surface area (Å²) >= 11 is 0. The Bertz CT molecular complexity index is 1040. The van der Waals surface area contributed by atoms with Gasteiger partial charge < -0.3 is 9.84 Å². The normalized spacial score (nSPS) is 11.2. The highest BCUT2D eigenvalue weighted by molar-refractivity contribution is 5.54. The van der Waals surface area contributed by atoms with Gasteiger partial charge in [-0.1, -0.05) is 24.2 Å². The molecule has 0 saturated carbocycles. The van der Waals surface area contributed by atoms with Gasteiger partial charge in [-0.2, -0.15) is 19.6 Å². The van der Waals surface area contributed by atoms with Crippen molar-refractivity contribution >= 4 is 11.6 Å². The highest BCUT2D eigenvalue weighted by Crippen LogP contribution is 2.20. The predicted molar refractivity (Wildman–Crippen MR) is 96.6 cm³/mol. The van der Waals surface area contributed by atoms with Crippen LogP contribution >= 0.6 is 0 Å². The van der Waals surface area contributed by atoms with Gasteiger partial charge in [0.2, 0.25) is 0 Å². The zero-order valence-electron chi connectivity index (χ0n) is 14.7. The molecule has 4 rings (SSSR count). The van der Waals surface area contributed by atoms with Crippen LogP contribution in [0.5, 0.6) is 0 Å². The van der Waals surface area contributed by atoms with Gasteiger partial charge in [-0.25, -0.2) is 4.98 Å². The van der Waals surface area contributed by atoms with Crippen molar-refractivity contribution in [1.82, 2.24) is 29.7 Å². The minimum Gasteiger partial charge on any atom is -0.366 e. The van der Waals surface area contributed by atoms with Crippen molar-refractivity contribution < 1.29 is 4.52 Å². The first-order chi connectivity index (χ1) is 12.7. The lowest BCUT2D eigenvalue weighted by molar-refractivity contribution is 0.422. The van der Waals surface area contributed by atoms with Crippen molar-refractivity contribution in [2.45, 2.75) is 33.2 Å². The third kappa shape index (κ3) is 3.26. The minimum absolute atomic E-state index is 0.550. The molecule has 26 heavy (non-hydrogen) atoms. The summed E-state index contributed by atoms with van der Waals surface area (Å²) in [7, 11) is 0. The number of fused-ring (bicyclic) bond motifs is 1. The Labute approximate surface area is 150 Å². The van der Waals surface area contributed by atoms with E-state index in [0.29, 0.717) is 18.2 Å². The Morgan fingerprint density at radius 1 is 1.19 bits per heavy atom. The number of nitrogens with one attached hydrogen (secondary N) is 1. The molecule has 8 heteroatoms. The quantitative estimate of drug-likeness (QED) is 0.572. The highest BCUT2D eigenvalue weighted by atomic mass is 16.5. The van der Waals surface area contributed by atoms with E-state index in [-0.39, 0.29) is 0 Å². The fraction of sp³-hybridized carbons (Fsp3) is 0.278. The minimum atomic E-state index is 0.550. The molecule has 1 aromatic carbocycles. The van der Waals surface area contributed by atoms with E-state index in [0.717, 1.165) is 41.3 Å². The van der Waals surface area contributed by atoms with Crippen molar-refractivity contribution in [3.05, 3.63) is 53.7 Å². The van der Waals surface area contributed by atoms with Crippen LogP contribution in [0.4, 0.5) is 5.82 Å². The van der Waals surface area contributed by atoms with Gasteiger partial charge in [0, 0.05) is 30.3 Å². The first-order valence-corrected chi connectivity index (χ1v) is 8.56. The fourth-order valence-electron chi connectivity index (χ4n) is 2.76. The Balaban J connectivity index is 1.54. The summed E-state index contributed by atoms with van der Waals surface area (Å²) in [5.41, 5.74) is 2.90. The summed E-state index contributed by atoms with van der Waals surface area (Å²) < 4.78 is 7.06. The van der Waals surface area contributed by atoms with E-state index in [1.165, 1.54) is 6.33 Å². The zero-order chi connectivity index (χ0) is 17.9. The lowest BCUT2D eigenvalue weighted by Gasteiger charge is -2.09. The number of nitrogens with zero attached hydrogens (tertiary/aromatic N) is 6. The molecule has 1 N–H and O–H groups in total. The number of benzene rings is 1. The van der Waals surface area contributed by atoms with Gasteiger partial charge in [0.05, 0.1) is 0 Å². The molecule has 0 spiro atoms. The van der Waals surface area contributed by atoms with Crippen LogP contribution in [0.1, 0.15) is 30.4 Å². The van der Waals surface area contributed by atoms with E-state index in [4.69, 9.17) is 4.52 Å². The molecule has 0 bridgehead atoms. The number of aromatic nitrogens is 6. The summed E-state index contributed by atoms with van der Waals surface area (Å²) in [6, 6.07) is 9.99. The maximum atomic E-state index is 5.37. The first-order valence-electron chi connectivity index (χ1n) is 8.56. The van der Waals surface area contributed by atoms with Gasteiger partial charge in [0.1, 0.15) is 12.1 Å². The fourth-order valence-corrected chi connectivity index (χ4v) is 2.76. The molecule has 0 atom stereocenters. The van der Waals surface area contributed by atoms with Crippen molar-refractivity contribution in [3.63, 3.8) is 0 Å². The Kier molecular flexibility index (Phi) is 4.30. The van der Waals surface area contributed by atoms with Gasteiger partial charge in [0.15, 0.2) is 5.82 Å². The van der Waals surface area contributed by atoms with Crippen LogP contribution in [0.25, 0.3) is 17.2 Å². The molecule has 0 aliphatic rings. The highest BCUT2D eigenvalue weighted by Gasteiger charge is 2.09. The van der Waals surface area contributed by atoms with E-state index in [1.807, 2.05) is 37.3 Å². The van der Waals surface area contributed by atoms with Crippen LogP contribution in [-0.2, 0) is 13.0 Å². The number of rotatable bonds is 6. The smallest absolute Gasteiger partial charge is 0.257 e. The average molecular weight is 349 g/mol. The molecule has 0 unspecified atom stereocenters. The van der Waals surface area contributed by atoms with E-state index >= 15 is 0 Å². The lowest BCUT2D eigenvalue weighted by atomic mass is 10.1. The molecule has 4 aromatic rings. The van der Waals surface area contributed by atoms with Crippen LogP contribution in [0, 0.1) is 6.92 Å². The molecule has 0 aliphatic heterocycles. The Hall–Kier alpha value is -3.29. The second kappa shape index (κ2) is 6.91. The van der Waals surface area contributed by atoms with Crippen LogP contribution in [0.3, 0.4) is 0 Å². The number of anilines is 1. The van der Waals surface area contributed by atoms with E-state index in [2.05, 4.69) is 37.4 Å². The topological polar surface area (TPSA) is 94.0 Å². The van der Waals surface area contributed by atoms with Gasteiger partial charge in [0.25, 0.3) is 11.7 Å². The molecule has 0 amide bonds. The monoisotopic (exact) mass is 349 g/mol. The maximum Gasteiger partial charge on any atom is 0.257 e. The number of aryl methyl sites for hydroxylation is 2. The third-order valence-electron chi connectivity index (χ3n) is 3.97. The van der Waals surface area contributed by atoms with Crippen LogP contribution in [0.15, 0.2) is 41.2 Å². The summed E-state index contributed by atoms with van der Waals surface area (Å²) in [6.45, 7) is 4.65.